The van der Waals surface area contributed by atoms with E-state index in [1.165, 1.54) is 5.56 Å². The first-order valence-electron chi connectivity index (χ1n) is 7.90. The van der Waals surface area contributed by atoms with Gasteiger partial charge in [-0.05, 0) is 43.4 Å². The second-order valence-corrected chi connectivity index (χ2v) is 6.55. The van der Waals surface area contributed by atoms with Gasteiger partial charge in [-0.1, -0.05) is 43.7 Å². The molecular formula is C19H23NO2S. The standard InChI is InChI=1S/C19H23NO2S/c1-4-17(22-15-12-10-14(3)11-13-15)19(21)20-16-8-6-7-9-18(16)23-5-2/h6-13,17H,4-5H2,1-3H3,(H,20,21)/t17-/m0/s1. The minimum Gasteiger partial charge on any atom is -0.481 e. The van der Waals surface area contributed by atoms with Crippen LogP contribution in [0.3, 0.4) is 0 Å². The Balaban J connectivity index is 2.06. The molecule has 0 spiro atoms. The van der Waals surface area contributed by atoms with Gasteiger partial charge in [-0.3, -0.25) is 4.79 Å². The van der Waals surface area contributed by atoms with Crippen molar-refractivity contribution in [2.24, 2.45) is 0 Å². The molecule has 122 valence electrons. The average molecular weight is 329 g/mol. The molecule has 0 aliphatic heterocycles. The summed E-state index contributed by atoms with van der Waals surface area (Å²) in [6.07, 6.45) is 0.111. The van der Waals surface area contributed by atoms with Gasteiger partial charge in [0, 0.05) is 4.90 Å². The number of thioether (sulfide) groups is 1. The van der Waals surface area contributed by atoms with E-state index in [9.17, 15) is 4.79 Å². The number of para-hydroxylation sites is 1. The van der Waals surface area contributed by atoms with E-state index in [0.717, 1.165) is 16.3 Å². The smallest absolute Gasteiger partial charge is 0.265 e. The number of aryl methyl sites for hydroxylation is 1. The summed E-state index contributed by atoms with van der Waals surface area (Å²) in [5.41, 5.74) is 2.01. The van der Waals surface area contributed by atoms with Crippen LogP contribution in [0.4, 0.5) is 5.69 Å². The molecule has 0 saturated carbocycles. The van der Waals surface area contributed by atoms with E-state index >= 15 is 0 Å². The Morgan fingerprint density at radius 1 is 1.13 bits per heavy atom. The topological polar surface area (TPSA) is 38.3 Å². The normalized spacial score (nSPS) is 11.8. The maximum atomic E-state index is 12.5. The van der Waals surface area contributed by atoms with Crippen molar-refractivity contribution in [2.75, 3.05) is 11.1 Å². The molecule has 0 aromatic heterocycles. The first-order valence-corrected chi connectivity index (χ1v) is 8.88. The van der Waals surface area contributed by atoms with E-state index in [1.54, 1.807) is 11.8 Å². The zero-order chi connectivity index (χ0) is 16.7. The van der Waals surface area contributed by atoms with E-state index in [-0.39, 0.29) is 5.91 Å². The Bertz CT molecular complexity index is 640. The Morgan fingerprint density at radius 2 is 1.83 bits per heavy atom. The highest BCUT2D eigenvalue weighted by molar-refractivity contribution is 7.99. The number of benzene rings is 2. The van der Waals surface area contributed by atoms with Crippen molar-refractivity contribution in [1.82, 2.24) is 0 Å². The van der Waals surface area contributed by atoms with Crippen molar-refractivity contribution in [3.05, 3.63) is 54.1 Å². The average Bonchev–Trinajstić information content (AvgIpc) is 2.56. The second-order valence-electron chi connectivity index (χ2n) is 5.25. The van der Waals surface area contributed by atoms with Gasteiger partial charge in [-0.15, -0.1) is 11.8 Å². The molecule has 4 heteroatoms. The van der Waals surface area contributed by atoms with E-state index in [1.807, 2.05) is 62.4 Å². The molecule has 1 N–H and O–H groups in total. The van der Waals surface area contributed by atoms with Crippen LogP contribution in [0.15, 0.2) is 53.4 Å². The summed E-state index contributed by atoms with van der Waals surface area (Å²) in [6, 6.07) is 15.6. The Labute approximate surface area is 142 Å². The molecular weight excluding hydrogens is 306 g/mol. The van der Waals surface area contributed by atoms with Crippen LogP contribution in [-0.4, -0.2) is 17.8 Å². The van der Waals surface area contributed by atoms with Crippen molar-refractivity contribution in [1.29, 1.82) is 0 Å². The lowest BCUT2D eigenvalue weighted by Crippen LogP contribution is -2.32. The van der Waals surface area contributed by atoms with Crippen molar-refractivity contribution in [3.63, 3.8) is 0 Å². The number of hydrogen-bond acceptors (Lipinski definition) is 3. The number of hydrogen-bond donors (Lipinski definition) is 1. The van der Waals surface area contributed by atoms with Crippen molar-refractivity contribution in [3.8, 4) is 5.75 Å². The summed E-state index contributed by atoms with van der Waals surface area (Å²) in [5.74, 6) is 1.57. The summed E-state index contributed by atoms with van der Waals surface area (Å²) >= 11 is 1.71. The lowest BCUT2D eigenvalue weighted by atomic mass is 10.2. The van der Waals surface area contributed by atoms with Crippen molar-refractivity contribution in [2.45, 2.75) is 38.2 Å². The highest BCUT2D eigenvalue weighted by Crippen LogP contribution is 2.27. The van der Waals surface area contributed by atoms with Crippen molar-refractivity contribution >= 4 is 23.4 Å². The van der Waals surface area contributed by atoms with Gasteiger partial charge in [0.15, 0.2) is 6.10 Å². The molecule has 0 fully saturated rings. The number of carbonyl (C=O) groups is 1. The van der Waals surface area contributed by atoms with Crippen LogP contribution < -0.4 is 10.1 Å². The zero-order valence-electron chi connectivity index (χ0n) is 13.8. The van der Waals surface area contributed by atoms with Crippen LogP contribution >= 0.6 is 11.8 Å². The third-order valence-corrected chi connectivity index (χ3v) is 4.36. The number of nitrogens with one attached hydrogen (secondary N) is 1. The molecule has 0 aliphatic carbocycles. The molecule has 2 rings (SSSR count). The van der Waals surface area contributed by atoms with Gasteiger partial charge >= 0.3 is 0 Å². The predicted molar refractivity (Wildman–Crippen MR) is 97.4 cm³/mol. The molecule has 0 heterocycles. The summed E-state index contributed by atoms with van der Waals surface area (Å²) in [4.78, 5) is 13.6. The summed E-state index contributed by atoms with van der Waals surface area (Å²) < 4.78 is 5.83. The SMILES string of the molecule is CCSc1ccccc1NC(=O)[C@H](CC)Oc1ccc(C)cc1. The fourth-order valence-electron chi connectivity index (χ4n) is 2.17. The third-order valence-electron chi connectivity index (χ3n) is 3.41. The number of amides is 1. The van der Waals surface area contributed by atoms with Gasteiger partial charge in [-0.25, -0.2) is 0 Å². The molecule has 0 aliphatic rings. The van der Waals surface area contributed by atoms with Gasteiger partial charge in [0.25, 0.3) is 5.91 Å². The second kappa shape index (κ2) is 8.63. The first kappa shape index (κ1) is 17.4. The van der Waals surface area contributed by atoms with Gasteiger partial charge < -0.3 is 10.1 Å². The quantitative estimate of drug-likeness (QED) is 0.734. The van der Waals surface area contributed by atoms with E-state index in [2.05, 4.69) is 12.2 Å². The first-order chi connectivity index (χ1) is 11.1. The van der Waals surface area contributed by atoms with Gasteiger partial charge in [0.2, 0.25) is 0 Å². The maximum Gasteiger partial charge on any atom is 0.265 e. The minimum absolute atomic E-state index is 0.114. The molecule has 0 saturated heterocycles. The predicted octanol–water partition coefficient (Wildman–Crippen LogP) is 4.90. The Hall–Kier alpha value is -1.94. The molecule has 0 bridgehead atoms. The van der Waals surface area contributed by atoms with Gasteiger partial charge in [0.05, 0.1) is 5.69 Å². The van der Waals surface area contributed by atoms with Crippen LogP contribution in [-0.2, 0) is 4.79 Å². The molecule has 3 nitrogen and oxygen atoms in total. The monoisotopic (exact) mass is 329 g/mol. The van der Waals surface area contributed by atoms with E-state index < -0.39 is 6.10 Å². The van der Waals surface area contributed by atoms with Crippen LogP contribution in [0.5, 0.6) is 5.75 Å². The number of anilines is 1. The van der Waals surface area contributed by atoms with Gasteiger partial charge in [0.1, 0.15) is 5.75 Å². The van der Waals surface area contributed by atoms with E-state index in [0.29, 0.717) is 12.2 Å². The fourth-order valence-corrected chi connectivity index (χ4v) is 2.93. The maximum absolute atomic E-state index is 12.5. The fraction of sp³-hybridized carbons (Fsp3) is 0.316. The van der Waals surface area contributed by atoms with E-state index in [4.69, 9.17) is 4.74 Å². The molecule has 0 unspecified atom stereocenters. The molecule has 23 heavy (non-hydrogen) atoms. The number of ether oxygens (including phenoxy) is 1. The lowest BCUT2D eigenvalue weighted by molar-refractivity contribution is -0.122. The summed E-state index contributed by atoms with van der Waals surface area (Å²) in [7, 11) is 0. The Kier molecular flexibility index (Phi) is 6.53. The lowest BCUT2D eigenvalue weighted by Gasteiger charge is -2.18. The molecule has 1 atom stereocenters. The highest BCUT2D eigenvalue weighted by atomic mass is 32.2. The Morgan fingerprint density at radius 3 is 2.48 bits per heavy atom. The van der Waals surface area contributed by atoms with Crippen LogP contribution in [0.25, 0.3) is 0 Å². The highest BCUT2D eigenvalue weighted by Gasteiger charge is 2.19. The van der Waals surface area contributed by atoms with Crippen LogP contribution in [0.1, 0.15) is 25.8 Å². The van der Waals surface area contributed by atoms with Gasteiger partial charge in [-0.2, -0.15) is 0 Å². The zero-order valence-corrected chi connectivity index (χ0v) is 14.7. The summed E-state index contributed by atoms with van der Waals surface area (Å²) in [5, 5.41) is 2.99. The molecule has 1 amide bonds. The molecule has 2 aromatic rings. The number of rotatable bonds is 7. The largest absolute Gasteiger partial charge is 0.481 e. The third kappa shape index (κ3) is 5.03. The molecule has 0 radical (unpaired) electrons. The van der Waals surface area contributed by atoms with Crippen molar-refractivity contribution < 1.29 is 9.53 Å². The number of carbonyl (C=O) groups excluding carboxylic acids is 1. The minimum atomic E-state index is -0.502. The summed E-state index contributed by atoms with van der Waals surface area (Å²) in [6.45, 7) is 6.07. The molecule has 2 aromatic carbocycles. The van der Waals surface area contributed by atoms with Crippen LogP contribution in [0.2, 0.25) is 0 Å². The van der Waals surface area contributed by atoms with Crippen LogP contribution in [0, 0.1) is 6.92 Å².